The number of carbonyl (C=O) groups is 2. The van der Waals surface area contributed by atoms with Crippen molar-refractivity contribution < 1.29 is 34.0 Å². The molecule has 3 rings (SSSR count). The van der Waals surface area contributed by atoms with Crippen LogP contribution in [0, 0.1) is 0 Å². The lowest BCUT2D eigenvalue weighted by molar-refractivity contribution is -0.140. The highest BCUT2D eigenvalue weighted by Crippen LogP contribution is 2.41. The lowest BCUT2D eigenvalue weighted by Gasteiger charge is -2.25. The van der Waals surface area contributed by atoms with Crippen LogP contribution in [-0.2, 0) is 14.3 Å². The van der Waals surface area contributed by atoms with Gasteiger partial charge in [0.15, 0.2) is 11.5 Å². The molecule has 2 N–H and O–H groups in total. The molecule has 0 aromatic heterocycles. The summed E-state index contributed by atoms with van der Waals surface area (Å²) in [5.41, 5.74) is 0.842. The second-order valence-corrected chi connectivity index (χ2v) is 7.61. The number of nitrogens with zero attached hydrogens (tertiary/aromatic N) is 1. The molecule has 170 valence electrons. The number of ether oxygens (including phenoxy) is 3. The number of Topliss-reactive ketones (excluding diaryl/α,β-unsaturated/α-hetero) is 1. The lowest BCUT2D eigenvalue weighted by Crippen LogP contribution is -2.32. The van der Waals surface area contributed by atoms with Crippen molar-refractivity contribution in [3.05, 3.63) is 59.2 Å². The first-order valence-electron chi connectivity index (χ1n) is 10.2. The molecule has 0 spiro atoms. The van der Waals surface area contributed by atoms with E-state index in [0.717, 1.165) is 0 Å². The van der Waals surface area contributed by atoms with Crippen LogP contribution in [0.25, 0.3) is 5.76 Å². The number of aliphatic hydroxyl groups excluding tert-OH is 1. The van der Waals surface area contributed by atoms with Crippen LogP contribution in [0.1, 0.15) is 31.0 Å². The van der Waals surface area contributed by atoms with Crippen LogP contribution in [-0.4, -0.2) is 60.3 Å². The highest BCUT2D eigenvalue weighted by Gasteiger charge is 2.46. The van der Waals surface area contributed by atoms with E-state index in [-0.39, 0.29) is 42.1 Å². The molecule has 1 atom stereocenters. The van der Waals surface area contributed by atoms with Gasteiger partial charge >= 0.3 is 0 Å². The van der Waals surface area contributed by atoms with Crippen LogP contribution < -0.4 is 9.47 Å². The van der Waals surface area contributed by atoms with Crippen molar-refractivity contribution in [1.82, 2.24) is 4.90 Å². The number of phenols is 1. The van der Waals surface area contributed by atoms with Crippen LogP contribution in [0.15, 0.2) is 48.0 Å². The molecule has 8 heteroatoms. The van der Waals surface area contributed by atoms with Gasteiger partial charge in [0.1, 0.15) is 11.5 Å². The van der Waals surface area contributed by atoms with Crippen molar-refractivity contribution in [2.24, 2.45) is 0 Å². The molecule has 2 aromatic rings. The highest BCUT2D eigenvalue weighted by molar-refractivity contribution is 6.46. The molecule has 1 aliphatic heterocycles. The Balaban J connectivity index is 2.11. The maximum atomic E-state index is 13.0. The molecule has 0 saturated carbocycles. The van der Waals surface area contributed by atoms with E-state index in [2.05, 4.69) is 0 Å². The molecular weight excluding hydrogens is 414 g/mol. The number of likely N-dealkylation sites (tertiary alicyclic amines) is 1. The smallest absolute Gasteiger partial charge is 0.295 e. The summed E-state index contributed by atoms with van der Waals surface area (Å²) in [6.07, 6.45) is -0.00923. The summed E-state index contributed by atoms with van der Waals surface area (Å²) >= 11 is 0. The number of phenolic OH excluding ortho intramolecular Hbond substituents is 1. The summed E-state index contributed by atoms with van der Waals surface area (Å²) in [4.78, 5) is 27.1. The molecule has 32 heavy (non-hydrogen) atoms. The van der Waals surface area contributed by atoms with Crippen molar-refractivity contribution >= 4 is 17.4 Å². The monoisotopic (exact) mass is 441 g/mol. The number of rotatable bonds is 8. The maximum Gasteiger partial charge on any atom is 0.295 e. The molecule has 0 radical (unpaired) electrons. The minimum Gasteiger partial charge on any atom is -0.507 e. The third-order valence-electron chi connectivity index (χ3n) is 5.10. The molecule has 1 heterocycles. The second-order valence-electron chi connectivity index (χ2n) is 7.61. The van der Waals surface area contributed by atoms with E-state index < -0.39 is 17.7 Å². The number of hydrogen-bond acceptors (Lipinski definition) is 7. The summed E-state index contributed by atoms with van der Waals surface area (Å²) in [6.45, 7) is 4.16. The molecule has 1 aliphatic rings. The van der Waals surface area contributed by atoms with Gasteiger partial charge < -0.3 is 29.3 Å². The number of amides is 1. The van der Waals surface area contributed by atoms with Crippen LogP contribution in [0.5, 0.6) is 17.2 Å². The van der Waals surface area contributed by atoms with Crippen LogP contribution >= 0.6 is 0 Å². The Labute approximate surface area is 186 Å². The van der Waals surface area contributed by atoms with E-state index in [9.17, 15) is 19.8 Å². The fourth-order valence-corrected chi connectivity index (χ4v) is 3.63. The quantitative estimate of drug-likeness (QED) is 0.368. The third kappa shape index (κ3) is 4.55. The molecule has 2 aromatic carbocycles. The van der Waals surface area contributed by atoms with Gasteiger partial charge in [-0.05, 0) is 55.8 Å². The van der Waals surface area contributed by atoms with Gasteiger partial charge in [0.2, 0.25) is 0 Å². The Hall–Kier alpha value is -3.52. The topological polar surface area (TPSA) is 106 Å². The first-order valence-corrected chi connectivity index (χ1v) is 10.2. The number of hydrogen-bond donors (Lipinski definition) is 2. The zero-order valence-corrected chi connectivity index (χ0v) is 18.5. The number of methoxy groups -OCH3 is 2. The average molecular weight is 441 g/mol. The molecule has 0 aliphatic carbocycles. The first kappa shape index (κ1) is 23.1. The van der Waals surface area contributed by atoms with Crippen molar-refractivity contribution in [3.63, 3.8) is 0 Å². The van der Waals surface area contributed by atoms with Gasteiger partial charge in [-0.2, -0.15) is 0 Å². The summed E-state index contributed by atoms with van der Waals surface area (Å²) in [6, 6.07) is 10.3. The van der Waals surface area contributed by atoms with Crippen molar-refractivity contribution in [1.29, 1.82) is 0 Å². The Bertz CT molecular complexity index is 1030. The van der Waals surface area contributed by atoms with Crippen LogP contribution in [0.4, 0.5) is 0 Å². The van der Waals surface area contributed by atoms with E-state index in [4.69, 9.17) is 14.2 Å². The van der Waals surface area contributed by atoms with E-state index in [1.807, 2.05) is 13.8 Å². The Morgan fingerprint density at radius 1 is 1.09 bits per heavy atom. The van der Waals surface area contributed by atoms with E-state index >= 15 is 0 Å². The summed E-state index contributed by atoms with van der Waals surface area (Å²) < 4.78 is 15.9. The zero-order chi connectivity index (χ0) is 23.4. The van der Waals surface area contributed by atoms with Gasteiger partial charge in [0.25, 0.3) is 11.7 Å². The Kier molecular flexibility index (Phi) is 7.05. The van der Waals surface area contributed by atoms with Gasteiger partial charge in [-0.3, -0.25) is 9.59 Å². The van der Waals surface area contributed by atoms with Crippen LogP contribution in [0.2, 0.25) is 0 Å². The van der Waals surface area contributed by atoms with Crippen molar-refractivity contribution in [2.75, 3.05) is 27.4 Å². The number of carbonyl (C=O) groups excluding carboxylic acids is 2. The molecule has 1 amide bonds. The van der Waals surface area contributed by atoms with Gasteiger partial charge in [-0.1, -0.05) is 6.07 Å². The van der Waals surface area contributed by atoms with Crippen molar-refractivity contribution in [3.8, 4) is 17.2 Å². The summed E-state index contributed by atoms with van der Waals surface area (Å²) in [7, 11) is 2.90. The SMILES string of the molecule is COCCN1C(=O)C(=O)/C(=C(/O)c2ccc(OC(C)C)cc2)[C@H]1c1ccc(O)c(OC)c1. The van der Waals surface area contributed by atoms with Crippen LogP contribution in [0.3, 0.4) is 0 Å². The normalized spacial score (nSPS) is 17.8. The lowest BCUT2D eigenvalue weighted by atomic mass is 9.95. The average Bonchev–Trinajstić information content (AvgIpc) is 3.02. The molecule has 0 bridgehead atoms. The molecular formula is C24H27NO7. The molecule has 1 fully saturated rings. The third-order valence-corrected chi connectivity index (χ3v) is 5.10. The predicted octanol–water partition coefficient (Wildman–Crippen LogP) is 3.26. The van der Waals surface area contributed by atoms with Gasteiger partial charge in [-0.25, -0.2) is 0 Å². The largest absolute Gasteiger partial charge is 0.507 e. The van der Waals surface area contributed by atoms with E-state index in [0.29, 0.717) is 16.9 Å². The Morgan fingerprint density at radius 2 is 1.78 bits per heavy atom. The van der Waals surface area contributed by atoms with Gasteiger partial charge in [0, 0.05) is 19.2 Å². The molecule has 0 unspecified atom stereocenters. The fourth-order valence-electron chi connectivity index (χ4n) is 3.63. The highest BCUT2D eigenvalue weighted by atomic mass is 16.5. The van der Waals surface area contributed by atoms with E-state index in [1.54, 1.807) is 36.4 Å². The number of benzene rings is 2. The first-order chi connectivity index (χ1) is 15.3. The van der Waals surface area contributed by atoms with Crippen molar-refractivity contribution in [2.45, 2.75) is 26.0 Å². The zero-order valence-electron chi connectivity index (χ0n) is 18.5. The predicted molar refractivity (Wildman–Crippen MR) is 118 cm³/mol. The van der Waals surface area contributed by atoms with E-state index in [1.165, 1.54) is 25.2 Å². The number of aliphatic hydroxyl groups is 1. The molecule has 1 saturated heterocycles. The molecule has 8 nitrogen and oxygen atoms in total. The minimum absolute atomic E-state index is 0.00923. The standard InChI is InChI=1S/C24H27NO7/c1-14(2)32-17-8-5-15(6-9-17)22(27)20-21(16-7-10-18(26)19(13-16)31-4)25(11-12-30-3)24(29)23(20)28/h5-10,13-14,21,26-27H,11-12H2,1-4H3/b22-20+/t21-/m1/s1. The minimum atomic E-state index is -0.869. The summed E-state index contributed by atoms with van der Waals surface area (Å²) in [5, 5.41) is 21.0. The second kappa shape index (κ2) is 9.74. The Morgan fingerprint density at radius 3 is 2.38 bits per heavy atom. The van der Waals surface area contributed by atoms with Gasteiger partial charge in [0.05, 0.1) is 31.4 Å². The number of ketones is 1. The fraction of sp³-hybridized carbons (Fsp3) is 0.333. The summed E-state index contributed by atoms with van der Waals surface area (Å²) in [5.74, 6) is -1.09. The van der Waals surface area contributed by atoms with Gasteiger partial charge in [-0.15, -0.1) is 0 Å². The number of aromatic hydroxyl groups is 1. The maximum absolute atomic E-state index is 13.0.